The summed E-state index contributed by atoms with van der Waals surface area (Å²) in [5.41, 5.74) is 0. The lowest BCUT2D eigenvalue weighted by atomic mass is 10.2. The third kappa shape index (κ3) is 3.33. The predicted molar refractivity (Wildman–Crippen MR) is 87.0 cm³/mol. The summed E-state index contributed by atoms with van der Waals surface area (Å²) in [6.07, 6.45) is 7.05. The number of aromatic nitrogens is 4. The lowest BCUT2D eigenvalue weighted by molar-refractivity contribution is 0.173. The SMILES string of the molecule is COC[C@H]1CN(c2ncc(Br)cn2)CCN1c1ncccn1. The van der Waals surface area contributed by atoms with Crippen molar-refractivity contribution in [3.8, 4) is 0 Å². The third-order valence-electron chi connectivity index (χ3n) is 3.54. The van der Waals surface area contributed by atoms with Crippen LogP contribution in [0, 0.1) is 0 Å². The van der Waals surface area contributed by atoms with Crippen LogP contribution in [0.1, 0.15) is 0 Å². The molecule has 1 atom stereocenters. The first-order chi connectivity index (χ1) is 10.8. The van der Waals surface area contributed by atoms with Gasteiger partial charge in [0.15, 0.2) is 0 Å². The van der Waals surface area contributed by atoms with Crippen molar-refractivity contribution in [2.24, 2.45) is 0 Å². The zero-order chi connectivity index (χ0) is 15.4. The molecule has 7 nitrogen and oxygen atoms in total. The van der Waals surface area contributed by atoms with E-state index in [2.05, 4.69) is 45.7 Å². The van der Waals surface area contributed by atoms with Crippen LogP contribution in [0.5, 0.6) is 0 Å². The predicted octanol–water partition coefficient (Wildman–Crippen LogP) is 1.37. The van der Waals surface area contributed by atoms with Gasteiger partial charge < -0.3 is 14.5 Å². The molecular weight excluding hydrogens is 348 g/mol. The van der Waals surface area contributed by atoms with Crippen LogP contribution in [0.3, 0.4) is 0 Å². The number of piperazine rings is 1. The molecule has 116 valence electrons. The zero-order valence-corrected chi connectivity index (χ0v) is 13.8. The maximum absolute atomic E-state index is 5.36. The second kappa shape index (κ2) is 6.97. The molecule has 0 aliphatic carbocycles. The number of rotatable bonds is 4. The van der Waals surface area contributed by atoms with E-state index in [-0.39, 0.29) is 6.04 Å². The van der Waals surface area contributed by atoms with Crippen molar-refractivity contribution in [2.45, 2.75) is 6.04 Å². The molecule has 1 aliphatic rings. The number of hydrogen-bond donors (Lipinski definition) is 0. The molecule has 0 amide bonds. The Morgan fingerprint density at radius 1 is 1.14 bits per heavy atom. The van der Waals surface area contributed by atoms with Gasteiger partial charge in [-0.15, -0.1) is 0 Å². The quantitative estimate of drug-likeness (QED) is 0.811. The maximum Gasteiger partial charge on any atom is 0.225 e. The smallest absolute Gasteiger partial charge is 0.225 e. The standard InChI is InChI=1S/C14H17BrN6O/c1-22-10-12-9-20(13-18-7-11(15)8-19-13)5-6-21(12)14-16-3-2-4-17-14/h2-4,7-8,12H,5-6,9-10H2,1H3/t12-/m1/s1. The molecule has 1 saturated heterocycles. The minimum absolute atomic E-state index is 0.161. The number of halogens is 1. The van der Waals surface area contributed by atoms with E-state index in [0.29, 0.717) is 6.61 Å². The number of ether oxygens (including phenoxy) is 1. The molecule has 3 heterocycles. The van der Waals surface area contributed by atoms with Crippen LogP contribution < -0.4 is 9.80 Å². The molecule has 0 radical (unpaired) electrons. The highest BCUT2D eigenvalue weighted by molar-refractivity contribution is 9.10. The van der Waals surface area contributed by atoms with Gasteiger partial charge in [-0.25, -0.2) is 19.9 Å². The summed E-state index contributed by atoms with van der Waals surface area (Å²) in [4.78, 5) is 21.8. The minimum atomic E-state index is 0.161. The molecule has 2 aromatic heterocycles. The molecular formula is C14H17BrN6O. The van der Waals surface area contributed by atoms with Gasteiger partial charge in [0.1, 0.15) is 0 Å². The molecule has 0 unspecified atom stereocenters. The fourth-order valence-electron chi connectivity index (χ4n) is 2.54. The Hall–Kier alpha value is -1.80. The average Bonchev–Trinajstić information content (AvgIpc) is 2.57. The molecule has 1 fully saturated rings. The van der Waals surface area contributed by atoms with Gasteiger partial charge in [-0.05, 0) is 22.0 Å². The topological polar surface area (TPSA) is 67.3 Å². The first kappa shape index (κ1) is 15.1. The van der Waals surface area contributed by atoms with E-state index >= 15 is 0 Å². The maximum atomic E-state index is 5.36. The number of hydrogen-bond acceptors (Lipinski definition) is 7. The highest BCUT2D eigenvalue weighted by Gasteiger charge is 2.29. The summed E-state index contributed by atoms with van der Waals surface area (Å²) in [6.45, 7) is 3.00. The summed E-state index contributed by atoms with van der Waals surface area (Å²) >= 11 is 3.36. The van der Waals surface area contributed by atoms with Crippen molar-refractivity contribution in [2.75, 3.05) is 43.2 Å². The molecule has 1 aliphatic heterocycles. The number of anilines is 2. The first-order valence-corrected chi connectivity index (χ1v) is 7.82. The van der Waals surface area contributed by atoms with Gasteiger partial charge in [-0.2, -0.15) is 0 Å². The van der Waals surface area contributed by atoms with Crippen LogP contribution in [-0.4, -0.2) is 59.3 Å². The molecule has 0 N–H and O–H groups in total. The van der Waals surface area contributed by atoms with Crippen molar-refractivity contribution in [3.63, 3.8) is 0 Å². The molecule has 8 heteroatoms. The fourth-order valence-corrected chi connectivity index (χ4v) is 2.75. The highest BCUT2D eigenvalue weighted by Crippen LogP contribution is 2.19. The summed E-state index contributed by atoms with van der Waals surface area (Å²) in [5.74, 6) is 1.47. The summed E-state index contributed by atoms with van der Waals surface area (Å²) in [5, 5.41) is 0. The molecule has 2 aromatic rings. The van der Waals surface area contributed by atoms with Crippen LogP contribution in [0.4, 0.5) is 11.9 Å². The summed E-state index contributed by atoms with van der Waals surface area (Å²) < 4.78 is 6.24. The van der Waals surface area contributed by atoms with Crippen molar-refractivity contribution in [3.05, 3.63) is 35.3 Å². The van der Waals surface area contributed by atoms with E-state index in [9.17, 15) is 0 Å². The largest absolute Gasteiger partial charge is 0.382 e. The van der Waals surface area contributed by atoms with Gasteiger partial charge in [-0.1, -0.05) is 0 Å². The van der Waals surface area contributed by atoms with Crippen LogP contribution in [0.15, 0.2) is 35.3 Å². The monoisotopic (exact) mass is 364 g/mol. The summed E-state index contributed by atoms with van der Waals surface area (Å²) in [7, 11) is 1.71. The van der Waals surface area contributed by atoms with Crippen LogP contribution in [0.25, 0.3) is 0 Å². The molecule has 0 aromatic carbocycles. The van der Waals surface area contributed by atoms with Crippen LogP contribution in [-0.2, 0) is 4.74 Å². The Balaban J connectivity index is 1.77. The van der Waals surface area contributed by atoms with Crippen LogP contribution >= 0.6 is 15.9 Å². The van der Waals surface area contributed by atoms with E-state index in [0.717, 1.165) is 36.0 Å². The zero-order valence-electron chi connectivity index (χ0n) is 12.3. The van der Waals surface area contributed by atoms with Crippen LogP contribution in [0.2, 0.25) is 0 Å². The normalized spacial score (nSPS) is 18.5. The van der Waals surface area contributed by atoms with Gasteiger partial charge in [-0.3, -0.25) is 0 Å². The molecule has 0 spiro atoms. The second-order valence-corrected chi connectivity index (χ2v) is 5.91. The van der Waals surface area contributed by atoms with E-state index in [4.69, 9.17) is 4.74 Å². The molecule has 0 bridgehead atoms. The van der Waals surface area contributed by atoms with Gasteiger partial charge in [0, 0.05) is 51.5 Å². The average molecular weight is 365 g/mol. The second-order valence-electron chi connectivity index (χ2n) is 5.00. The van der Waals surface area contributed by atoms with E-state index in [1.807, 2.05) is 6.07 Å². The molecule has 3 rings (SSSR count). The molecule has 0 saturated carbocycles. The van der Waals surface area contributed by atoms with Crippen molar-refractivity contribution in [1.29, 1.82) is 0 Å². The van der Waals surface area contributed by atoms with Gasteiger partial charge in [0.05, 0.1) is 17.1 Å². The van der Waals surface area contributed by atoms with Gasteiger partial charge in [0.2, 0.25) is 11.9 Å². The Morgan fingerprint density at radius 2 is 1.86 bits per heavy atom. The lowest BCUT2D eigenvalue weighted by Gasteiger charge is -2.41. The number of nitrogens with zero attached hydrogens (tertiary/aromatic N) is 6. The Morgan fingerprint density at radius 3 is 2.55 bits per heavy atom. The first-order valence-electron chi connectivity index (χ1n) is 7.03. The number of methoxy groups -OCH3 is 1. The Labute approximate surface area is 137 Å². The van der Waals surface area contributed by atoms with E-state index < -0.39 is 0 Å². The summed E-state index contributed by atoms with van der Waals surface area (Å²) in [6, 6.07) is 1.98. The highest BCUT2D eigenvalue weighted by atomic mass is 79.9. The van der Waals surface area contributed by atoms with Gasteiger partial charge in [0.25, 0.3) is 0 Å². The van der Waals surface area contributed by atoms with E-state index in [1.165, 1.54) is 0 Å². The Bertz CT molecular complexity index is 596. The fraction of sp³-hybridized carbons (Fsp3) is 0.429. The van der Waals surface area contributed by atoms with E-state index in [1.54, 1.807) is 31.9 Å². The third-order valence-corrected chi connectivity index (χ3v) is 3.95. The minimum Gasteiger partial charge on any atom is -0.382 e. The van der Waals surface area contributed by atoms with Crippen molar-refractivity contribution >= 4 is 27.8 Å². The van der Waals surface area contributed by atoms with Crippen molar-refractivity contribution < 1.29 is 4.74 Å². The Kier molecular flexibility index (Phi) is 4.79. The lowest BCUT2D eigenvalue weighted by Crippen LogP contribution is -2.56. The van der Waals surface area contributed by atoms with Gasteiger partial charge >= 0.3 is 0 Å². The molecule has 22 heavy (non-hydrogen) atoms. The van der Waals surface area contributed by atoms with Crippen molar-refractivity contribution in [1.82, 2.24) is 19.9 Å².